The number of fused-ring (bicyclic) bond motifs is 5. The van der Waals surface area contributed by atoms with Crippen molar-refractivity contribution in [1.82, 2.24) is 36.4 Å². The van der Waals surface area contributed by atoms with E-state index >= 15 is 8.78 Å². The Hall–Kier alpha value is -9.89. The molecule has 5 aromatic rings. The van der Waals surface area contributed by atoms with Gasteiger partial charge in [0.1, 0.15) is 53.7 Å². The number of amides is 9. The van der Waals surface area contributed by atoms with Crippen molar-refractivity contribution in [2.75, 3.05) is 110 Å². The summed E-state index contributed by atoms with van der Waals surface area (Å²) in [5, 5.41) is 55.4. The molecule has 15 atom stereocenters. The number of nitriles is 1. The number of rotatable bonds is 36. The quantitative estimate of drug-likeness (QED) is 0.0167. The zero-order valence-corrected chi connectivity index (χ0v) is 73.2. The molecular weight excluding hydrogens is 1660 g/mol. The van der Waals surface area contributed by atoms with Crippen LogP contribution in [0.3, 0.4) is 0 Å². The number of Topliss-reactive ketones (excluding diaryl/α,β-unsaturated/α-hetero) is 1. The van der Waals surface area contributed by atoms with Crippen LogP contribution in [0.25, 0.3) is 0 Å². The lowest BCUT2D eigenvalue weighted by molar-refractivity contribution is -0.228. The number of nitrogens with zero attached hydrogens (tertiary/aromatic N) is 3. The molecule has 0 unspecified atom stereocenters. The van der Waals surface area contributed by atoms with Gasteiger partial charge in [-0.1, -0.05) is 95.1 Å². The summed E-state index contributed by atoms with van der Waals surface area (Å²) in [4.78, 5) is 137. The number of urea groups is 1. The lowest BCUT2D eigenvalue weighted by atomic mass is 9.42. The molecule has 678 valence electrons. The summed E-state index contributed by atoms with van der Waals surface area (Å²) in [6.45, 7) is 15.5. The Kier molecular flexibility index (Phi) is 32.3. The van der Waals surface area contributed by atoms with Crippen molar-refractivity contribution in [1.29, 1.82) is 5.26 Å². The number of hydrogen-bond acceptors (Lipinski definition) is 22. The maximum absolute atomic E-state index is 16.3. The van der Waals surface area contributed by atoms with Gasteiger partial charge in [-0.2, -0.15) is 5.26 Å². The van der Waals surface area contributed by atoms with Gasteiger partial charge in [-0.3, -0.25) is 28.8 Å². The van der Waals surface area contributed by atoms with Crippen LogP contribution < -0.4 is 53.3 Å². The van der Waals surface area contributed by atoms with Crippen LogP contribution in [0, 0.1) is 62.9 Å². The van der Waals surface area contributed by atoms with Crippen molar-refractivity contribution >= 4 is 88.1 Å². The Morgan fingerprint density at radius 1 is 0.776 bits per heavy atom. The van der Waals surface area contributed by atoms with Crippen LogP contribution in [-0.2, 0) is 64.4 Å². The highest BCUT2D eigenvalue weighted by atomic mass is 35.5. The van der Waals surface area contributed by atoms with Crippen molar-refractivity contribution in [2.24, 2.45) is 45.7 Å². The minimum Gasteiger partial charge on any atom is -0.495 e. The Morgan fingerprint density at radius 2 is 1.46 bits per heavy atom. The number of halogens is 4. The average Bonchev–Trinajstić information content (AvgIpc) is 1.59. The molecule has 6 aliphatic rings. The molecule has 31 nitrogen and oxygen atoms in total. The van der Waals surface area contributed by atoms with Gasteiger partial charge < -0.3 is 101 Å². The normalized spacial score (nSPS) is 25.6. The minimum atomic E-state index is -1.85. The van der Waals surface area contributed by atoms with E-state index in [1.165, 1.54) is 72.9 Å². The third kappa shape index (κ3) is 22.2. The fourth-order valence-corrected chi connectivity index (χ4v) is 19.8. The monoisotopic (exact) mass is 1780 g/mol. The van der Waals surface area contributed by atoms with E-state index in [0.29, 0.717) is 55.3 Å². The number of ether oxygens (including phenoxy) is 7. The molecule has 125 heavy (non-hydrogen) atoms. The summed E-state index contributed by atoms with van der Waals surface area (Å²) in [7, 11) is 1.35. The molecule has 2 saturated heterocycles. The zero-order valence-electron chi connectivity index (χ0n) is 71.7. The number of carbonyl (C=O) groups excluding carboxylic acids is 9. The van der Waals surface area contributed by atoms with E-state index in [1.54, 1.807) is 56.0 Å². The fraction of sp³-hybridized carbons (Fsp3) is 0.567. The number of nitrogens with one attached hydrogen (secondary N) is 7. The van der Waals surface area contributed by atoms with Crippen molar-refractivity contribution in [3.05, 3.63) is 157 Å². The van der Waals surface area contributed by atoms with Crippen LogP contribution in [0.4, 0.5) is 34.5 Å². The molecule has 2 aliphatic heterocycles. The maximum Gasteiger partial charge on any atom is 0.410 e. The van der Waals surface area contributed by atoms with Gasteiger partial charge in [0, 0.05) is 97.4 Å². The Labute approximate surface area is 735 Å². The van der Waals surface area contributed by atoms with E-state index in [-0.39, 0.29) is 174 Å². The number of ketones is 1. The number of primary amides is 1. The summed E-state index contributed by atoms with van der Waals surface area (Å²) < 4.78 is 77.4. The molecule has 0 bridgehead atoms. The number of nitrogens with two attached hydrogens (primary N) is 1. The van der Waals surface area contributed by atoms with Crippen LogP contribution in [-0.4, -0.2) is 215 Å². The van der Waals surface area contributed by atoms with Crippen molar-refractivity contribution < 1.29 is 99.7 Å². The fourth-order valence-electron chi connectivity index (χ4n) is 19.5. The third-order valence-corrected chi connectivity index (χ3v) is 26.4. The van der Waals surface area contributed by atoms with Gasteiger partial charge in [-0.05, 0) is 171 Å². The summed E-state index contributed by atoms with van der Waals surface area (Å²) in [5.74, 6) is -7.75. The Bertz CT molecular complexity index is 4780. The van der Waals surface area contributed by atoms with Gasteiger partial charge in [0.15, 0.2) is 5.78 Å². The molecule has 11 N–H and O–H groups in total. The minimum absolute atomic E-state index is 0.0119. The largest absolute Gasteiger partial charge is 0.495 e. The maximum atomic E-state index is 16.3. The topological polar surface area (TPSA) is 429 Å². The number of hydrogen-bond donors (Lipinski definition) is 10. The summed E-state index contributed by atoms with van der Waals surface area (Å²) in [5.41, 5.74) is 1.11. The Balaban J connectivity index is 0.542. The van der Waals surface area contributed by atoms with Crippen molar-refractivity contribution in [3.63, 3.8) is 0 Å². The lowest BCUT2D eigenvalue weighted by Crippen LogP contribution is -2.70. The molecule has 4 saturated carbocycles. The first-order valence-electron chi connectivity index (χ1n) is 42.6. The lowest BCUT2D eigenvalue weighted by Gasteiger charge is -2.64. The first kappa shape index (κ1) is 95.8. The smallest absolute Gasteiger partial charge is 0.410 e. The van der Waals surface area contributed by atoms with Crippen LogP contribution >= 0.6 is 23.2 Å². The summed E-state index contributed by atoms with van der Waals surface area (Å²) >= 11 is 12.5. The predicted molar refractivity (Wildman–Crippen MR) is 456 cm³/mol. The number of benzene rings is 4. The highest BCUT2D eigenvalue weighted by Crippen LogP contribution is 2.70. The van der Waals surface area contributed by atoms with E-state index < -0.39 is 158 Å². The number of anilines is 2. The molecule has 1 aromatic heterocycles. The molecule has 0 spiro atoms. The van der Waals surface area contributed by atoms with Gasteiger partial charge in [0.05, 0.1) is 100 Å². The van der Waals surface area contributed by atoms with Crippen LogP contribution in [0.1, 0.15) is 164 Å². The molecule has 3 heterocycles. The van der Waals surface area contributed by atoms with Gasteiger partial charge in [-0.15, -0.1) is 0 Å². The van der Waals surface area contributed by atoms with E-state index in [4.69, 9.17) is 66.5 Å². The SMILES string of the molecule is COc1cc(C(=O)NCCOCCOCCOCCOCCC(=O)N[C@@H](C(=O)N[C@@H](CCCNC(N)=O)C(=O)Nc2ccc(COC(=O)N3CCN(C(=O)O[C@H]4CC[C@@]5(C)[C@H](CC[C@@H]6[C@@H]5[C@H](O)C(=O)[C@]5(C)[C@@H](c7ccc(=O)oc7)CC[C@]65O)C4)CC3)cc2)C(C)C)ccc1NC(=O)[C@@H]1N[C@@H](CC(C)(C)C)[C@](C#N)(c2ccc(Cl)cc2F)[C@H]1c1cccc(Cl)c1F. The molecule has 9 amide bonds. The van der Waals surface area contributed by atoms with E-state index in [9.17, 15) is 63.4 Å². The zero-order chi connectivity index (χ0) is 90.3. The number of methoxy groups -OCH3 is 1. The van der Waals surface area contributed by atoms with Gasteiger partial charge in [-0.25, -0.2) is 28.0 Å². The number of carbonyl (C=O) groups is 9. The first-order valence-corrected chi connectivity index (χ1v) is 43.4. The average molecular weight is 1780 g/mol. The second-order valence-electron chi connectivity index (χ2n) is 35.2. The van der Waals surface area contributed by atoms with E-state index in [2.05, 4.69) is 50.2 Å². The van der Waals surface area contributed by atoms with Crippen LogP contribution in [0.2, 0.25) is 10.0 Å². The van der Waals surface area contributed by atoms with Crippen LogP contribution in [0.15, 0.2) is 106 Å². The highest BCUT2D eigenvalue weighted by Gasteiger charge is 2.74. The Morgan fingerprint density at radius 3 is 2.10 bits per heavy atom. The second kappa shape index (κ2) is 42.1. The van der Waals surface area contributed by atoms with Crippen LogP contribution in [0.5, 0.6) is 5.75 Å². The third-order valence-electron chi connectivity index (χ3n) is 25.9. The molecule has 35 heteroatoms. The molecule has 4 aromatic carbocycles. The first-order chi connectivity index (χ1) is 59.5. The highest BCUT2D eigenvalue weighted by molar-refractivity contribution is 6.31. The van der Waals surface area contributed by atoms with E-state index in [1.807, 2.05) is 20.8 Å². The van der Waals surface area contributed by atoms with Gasteiger partial charge in [0.25, 0.3) is 5.91 Å². The molecule has 0 radical (unpaired) electrons. The summed E-state index contributed by atoms with van der Waals surface area (Å²) in [6, 6.07) is 19.2. The number of aliphatic hydroxyl groups is 2. The number of piperazine rings is 1. The van der Waals surface area contributed by atoms with Crippen molar-refractivity contribution in [2.45, 2.75) is 185 Å². The van der Waals surface area contributed by atoms with Gasteiger partial charge >= 0.3 is 23.8 Å². The van der Waals surface area contributed by atoms with Crippen molar-refractivity contribution in [3.8, 4) is 11.8 Å². The molecule has 4 aliphatic carbocycles. The number of aliphatic hydroxyl groups excluding tert-OH is 1. The molecule has 6 fully saturated rings. The second-order valence-corrected chi connectivity index (χ2v) is 36.0. The predicted octanol–water partition coefficient (Wildman–Crippen LogP) is 9.94. The standard InChI is InChI=1S/C90H115Cl2F2N11O20/c1-52(2)75(103-70(106)28-37-119-39-41-121-43-44-122-42-40-120-38-32-97-79(110)54-16-24-66(68(45-54)118-8)100-82(113)76-72(60-11-9-12-64(92)74(60)94)89(51-95,69(102-76)48-86(3,4)5)62-23-19-57(91)47-65(62)93)81(112)101-67(13-10-31-98-83(96)114)80(111)99-58-20-14-53(15-21-58)49-124-84(115)104-33-35-105(36-34-104)85(116)125-59-26-29-87(6)56(46-59)18-22-63-73(87)77(108)78(109)88(7)61(27-30-90(63,88)117)55-17-25-71(107)123-50-55/h9,11-12,14-17,19-21,23-25,45,47,50,52,56,59,61,63,67,69,72-73,75-77,102,108,117H,10,13,18,22,26-44,46,48-49H2,1-8H3,(H,97,110)(H,99,111)(H,100,113)(H,101,112)(H,103,106)(H3,96,98,114)/t56-,59+,61-,63-,67+,69+,72+,73-,75-,76-,77+,87+,88+,89+,90+/m1/s1. The molecular formula is C90H115Cl2F2N11O20. The van der Waals surface area contributed by atoms with Gasteiger partial charge in [0.2, 0.25) is 23.6 Å². The van der Waals surface area contributed by atoms with E-state index in [0.717, 1.165) is 12.5 Å². The summed E-state index contributed by atoms with van der Waals surface area (Å²) in [6.07, 6.45) is 2.90. The molecule has 11 rings (SSSR count).